The molecule has 0 unspecified atom stereocenters. The van der Waals surface area contributed by atoms with Gasteiger partial charge in [0, 0.05) is 5.54 Å². The van der Waals surface area contributed by atoms with Gasteiger partial charge in [0.1, 0.15) is 11.4 Å². The molecule has 2 rings (SSSR count). The summed E-state index contributed by atoms with van der Waals surface area (Å²) in [6.45, 7) is 5.36. The largest absolute Gasteiger partial charge is 0.506 e. The van der Waals surface area contributed by atoms with E-state index in [-0.39, 0.29) is 11.3 Å². The van der Waals surface area contributed by atoms with Crippen LogP contribution in [0.4, 0.5) is 10.5 Å². The lowest BCUT2D eigenvalue weighted by Gasteiger charge is -2.25. The summed E-state index contributed by atoms with van der Waals surface area (Å²) in [4.78, 5) is 11.8. The van der Waals surface area contributed by atoms with Gasteiger partial charge in [-0.2, -0.15) is 0 Å². The number of phenolic OH excluding ortho intramolecular Hbond substituents is 1. The standard InChI is InChI=1S/C16H24N2O3/c1-15(2,3)21-14(20)18-12-10-11(6-7-13(12)19)16(17)8-4-5-9-16/h6-7,10,19H,4-5,8-9,17H2,1-3H3,(H,18,20). The number of ether oxygens (including phenoxy) is 1. The van der Waals surface area contributed by atoms with Crippen LogP contribution in [0.15, 0.2) is 18.2 Å². The van der Waals surface area contributed by atoms with Crippen LogP contribution in [0.3, 0.4) is 0 Å². The zero-order chi connectivity index (χ0) is 15.7. The van der Waals surface area contributed by atoms with Gasteiger partial charge in [-0.1, -0.05) is 18.9 Å². The summed E-state index contributed by atoms with van der Waals surface area (Å²) >= 11 is 0. The fraction of sp³-hybridized carbons (Fsp3) is 0.562. The van der Waals surface area contributed by atoms with Gasteiger partial charge < -0.3 is 15.6 Å². The van der Waals surface area contributed by atoms with Crippen LogP contribution in [0.1, 0.15) is 52.0 Å². The highest BCUT2D eigenvalue weighted by Gasteiger charge is 2.31. The molecule has 21 heavy (non-hydrogen) atoms. The van der Waals surface area contributed by atoms with E-state index in [2.05, 4.69) is 5.32 Å². The van der Waals surface area contributed by atoms with E-state index in [4.69, 9.17) is 10.5 Å². The number of anilines is 1. The van der Waals surface area contributed by atoms with E-state index in [0.717, 1.165) is 31.2 Å². The lowest BCUT2D eigenvalue weighted by Crippen LogP contribution is -2.33. The van der Waals surface area contributed by atoms with E-state index < -0.39 is 11.7 Å². The first-order chi connectivity index (χ1) is 9.70. The quantitative estimate of drug-likeness (QED) is 0.729. The Labute approximate surface area is 125 Å². The van der Waals surface area contributed by atoms with Crippen LogP contribution in [0.2, 0.25) is 0 Å². The highest BCUT2D eigenvalue weighted by molar-refractivity contribution is 5.87. The summed E-state index contributed by atoms with van der Waals surface area (Å²) in [5.74, 6) is 0.00575. The molecule has 5 nitrogen and oxygen atoms in total. The second kappa shape index (κ2) is 5.56. The fourth-order valence-electron chi connectivity index (χ4n) is 2.65. The first-order valence-corrected chi connectivity index (χ1v) is 7.32. The Kier molecular flexibility index (Phi) is 4.14. The zero-order valence-electron chi connectivity index (χ0n) is 12.9. The molecule has 1 aromatic carbocycles. The Bertz CT molecular complexity index is 529. The molecular weight excluding hydrogens is 268 g/mol. The molecule has 1 aliphatic carbocycles. The van der Waals surface area contributed by atoms with Crippen molar-refractivity contribution in [3.8, 4) is 5.75 Å². The maximum atomic E-state index is 11.8. The monoisotopic (exact) mass is 292 g/mol. The zero-order valence-corrected chi connectivity index (χ0v) is 12.9. The molecule has 0 heterocycles. The molecule has 0 aliphatic heterocycles. The van der Waals surface area contributed by atoms with Crippen molar-refractivity contribution < 1.29 is 14.6 Å². The molecular formula is C16H24N2O3. The Hall–Kier alpha value is -1.75. The minimum atomic E-state index is -0.590. The Balaban J connectivity index is 2.18. The van der Waals surface area contributed by atoms with Gasteiger partial charge in [0.2, 0.25) is 0 Å². The average Bonchev–Trinajstić information content (AvgIpc) is 2.77. The Morgan fingerprint density at radius 2 is 1.95 bits per heavy atom. The number of hydrogen-bond acceptors (Lipinski definition) is 4. The molecule has 0 atom stereocenters. The summed E-state index contributed by atoms with van der Waals surface area (Å²) in [5.41, 5.74) is 6.72. The average molecular weight is 292 g/mol. The number of carbonyl (C=O) groups is 1. The van der Waals surface area contributed by atoms with E-state index in [1.54, 1.807) is 32.9 Å². The Morgan fingerprint density at radius 3 is 2.52 bits per heavy atom. The van der Waals surface area contributed by atoms with Crippen LogP contribution >= 0.6 is 0 Å². The molecule has 0 saturated heterocycles. The summed E-state index contributed by atoms with van der Waals surface area (Å²) < 4.78 is 5.19. The van der Waals surface area contributed by atoms with E-state index in [9.17, 15) is 9.90 Å². The summed E-state index contributed by atoms with van der Waals surface area (Å²) in [6, 6.07) is 5.13. The Morgan fingerprint density at radius 1 is 1.33 bits per heavy atom. The van der Waals surface area contributed by atoms with E-state index >= 15 is 0 Å². The number of nitrogens with one attached hydrogen (secondary N) is 1. The maximum Gasteiger partial charge on any atom is 0.412 e. The molecule has 4 N–H and O–H groups in total. The minimum absolute atomic E-state index is 0.00575. The van der Waals surface area contributed by atoms with E-state index in [0.29, 0.717) is 5.69 Å². The lowest BCUT2D eigenvalue weighted by atomic mass is 9.89. The van der Waals surface area contributed by atoms with Crippen molar-refractivity contribution in [3.63, 3.8) is 0 Å². The highest BCUT2D eigenvalue weighted by Crippen LogP contribution is 2.38. The molecule has 1 aliphatic rings. The molecule has 1 aromatic rings. The van der Waals surface area contributed by atoms with Gasteiger partial charge in [-0.25, -0.2) is 4.79 Å². The SMILES string of the molecule is CC(C)(C)OC(=O)Nc1cc(C2(N)CCCC2)ccc1O. The van der Waals surface area contributed by atoms with Gasteiger partial charge in [0.25, 0.3) is 0 Å². The molecule has 1 fully saturated rings. The summed E-state index contributed by atoms with van der Waals surface area (Å²) in [6.07, 6.45) is 3.46. The fourth-order valence-corrected chi connectivity index (χ4v) is 2.65. The third kappa shape index (κ3) is 3.88. The van der Waals surface area contributed by atoms with Crippen molar-refractivity contribution in [2.45, 2.75) is 57.6 Å². The predicted molar refractivity (Wildman–Crippen MR) is 82.3 cm³/mol. The molecule has 5 heteroatoms. The first-order valence-electron chi connectivity index (χ1n) is 7.32. The number of carbonyl (C=O) groups excluding carboxylic acids is 1. The topological polar surface area (TPSA) is 84.6 Å². The van der Waals surface area contributed by atoms with Crippen molar-refractivity contribution in [2.75, 3.05) is 5.32 Å². The second-order valence-corrected chi connectivity index (χ2v) is 6.72. The van der Waals surface area contributed by atoms with Gasteiger partial charge in [0.15, 0.2) is 0 Å². The van der Waals surface area contributed by atoms with Crippen molar-refractivity contribution in [1.29, 1.82) is 0 Å². The lowest BCUT2D eigenvalue weighted by molar-refractivity contribution is 0.0635. The van der Waals surface area contributed by atoms with Gasteiger partial charge in [-0.05, 0) is 51.3 Å². The molecule has 0 spiro atoms. The smallest absolute Gasteiger partial charge is 0.412 e. The maximum absolute atomic E-state index is 11.8. The summed E-state index contributed by atoms with van der Waals surface area (Å²) in [7, 11) is 0. The number of amides is 1. The van der Waals surface area contributed by atoms with Crippen molar-refractivity contribution in [1.82, 2.24) is 0 Å². The van der Waals surface area contributed by atoms with Crippen LogP contribution in [0.5, 0.6) is 5.75 Å². The second-order valence-electron chi connectivity index (χ2n) is 6.72. The van der Waals surface area contributed by atoms with Gasteiger partial charge in [0.05, 0.1) is 5.69 Å². The van der Waals surface area contributed by atoms with Crippen molar-refractivity contribution in [2.24, 2.45) is 5.73 Å². The number of benzene rings is 1. The first kappa shape index (κ1) is 15.6. The number of rotatable bonds is 2. The number of aromatic hydroxyl groups is 1. The van der Waals surface area contributed by atoms with E-state index in [1.807, 2.05) is 6.07 Å². The van der Waals surface area contributed by atoms with Gasteiger partial charge in [-0.3, -0.25) is 5.32 Å². The molecule has 0 bridgehead atoms. The number of hydrogen-bond donors (Lipinski definition) is 3. The molecule has 0 aromatic heterocycles. The number of nitrogens with two attached hydrogens (primary N) is 1. The molecule has 1 saturated carbocycles. The van der Waals surface area contributed by atoms with E-state index in [1.165, 1.54) is 0 Å². The van der Waals surface area contributed by atoms with Crippen LogP contribution in [-0.2, 0) is 10.3 Å². The normalized spacial score (nSPS) is 17.5. The van der Waals surface area contributed by atoms with Gasteiger partial charge >= 0.3 is 6.09 Å². The van der Waals surface area contributed by atoms with Crippen molar-refractivity contribution in [3.05, 3.63) is 23.8 Å². The third-order valence-corrected chi connectivity index (χ3v) is 3.70. The predicted octanol–water partition coefficient (Wildman–Crippen LogP) is 3.47. The summed E-state index contributed by atoms with van der Waals surface area (Å²) in [5, 5.41) is 12.5. The highest BCUT2D eigenvalue weighted by atomic mass is 16.6. The molecule has 0 radical (unpaired) electrons. The number of phenols is 1. The molecule has 1 amide bonds. The van der Waals surface area contributed by atoms with Crippen LogP contribution in [-0.4, -0.2) is 16.8 Å². The van der Waals surface area contributed by atoms with Crippen LogP contribution in [0, 0.1) is 0 Å². The van der Waals surface area contributed by atoms with Crippen molar-refractivity contribution >= 4 is 11.8 Å². The van der Waals surface area contributed by atoms with Gasteiger partial charge in [-0.15, -0.1) is 0 Å². The van der Waals surface area contributed by atoms with Crippen LogP contribution in [0.25, 0.3) is 0 Å². The molecule has 116 valence electrons. The third-order valence-electron chi connectivity index (χ3n) is 3.70. The minimum Gasteiger partial charge on any atom is -0.506 e. The van der Waals surface area contributed by atoms with Crippen LogP contribution < -0.4 is 11.1 Å².